The van der Waals surface area contributed by atoms with Crippen LogP contribution in [-0.4, -0.2) is 56.4 Å². The number of nitrogens with one attached hydrogen (secondary N) is 2. The first-order chi connectivity index (χ1) is 12.4. The number of amides is 1. The second kappa shape index (κ2) is 8.73. The highest BCUT2D eigenvalue weighted by Crippen LogP contribution is 2.27. The molecule has 144 valence electrons. The fourth-order valence-corrected chi connectivity index (χ4v) is 5.93. The molecule has 3 rings (SSSR count). The third-order valence-corrected chi connectivity index (χ3v) is 7.70. The lowest BCUT2D eigenvalue weighted by Crippen LogP contribution is -2.43. The molecule has 1 amide bonds. The van der Waals surface area contributed by atoms with Crippen molar-refractivity contribution >= 4 is 33.4 Å². The van der Waals surface area contributed by atoms with Gasteiger partial charge < -0.3 is 5.32 Å². The molecule has 8 heteroatoms. The molecule has 1 atom stereocenters. The van der Waals surface area contributed by atoms with Gasteiger partial charge in [-0.15, -0.1) is 0 Å². The van der Waals surface area contributed by atoms with Gasteiger partial charge in [-0.2, -0.15) is 11.8 Å². The van der Waals surface area contributed by atoms with E-state index in [0.29, 0.717) is 18.2 Å². The van der Waals surface area contributed by atoms with Crippen molar-refractivity contribution in [3.8, 4) is 0 Å². The zero-order chi connectivity index (χ0) is 18.6. The van der Waals surface area contributed by atoms with Gasteiger partial charge in [-0.1, -0.05) is 0 Å². The van der Waals surface area contributed by atoms with Crippen LogP contribution in [0, 0.1) is 5.92 Å². The first-order valence-corrected chi connectivity index (χ1v) is 11.8. The van der Waals surface area contributed by atoms with E-state index >= 15 is 0 Å². The predicted octanol–water partition coefficient (Wildman–Crippen LogP) is 2.14. The van der Waals surface area contributed by atoms with Gasteiger partial charge in [0.1, 0.15) is 0 Å². The average Bonchev–Trinajstić information content (AvgIpc) is 3.15. The maximum atomic E-state index is 12.5. The number of nitrogens with zero attached hydrogens (tertiary/aromatic N) is 1. The first kappa shape index (κ1) is 19.7. The summed E-state index contributed by atoms with van der Waals surface area (Å²) < 4.78 is 27.7. The second-order valence-electron chi connectivity index (χ2n) is 7.05. The number of likely N-dealkylation sites (tertiary alicyclic amines) is 1. The van der Waals surface area contributed by atoms with E-state index in [0.717, 1.165) is 32.0 Å². The first-order valence-electron chi connectivity index (χ1n) is 9.13. The van der Waals surface area contributed by atoms with E-state index in [1.165, 1.54) is 37.0 Å². The molecule has 2 N–H and O–H groups in total. The molecule has 2 heterocycles. The van der Waals surface area contributed by atoms with Crippen LogP contribution in [0.1, 0.15) is 26.2 Å². The Morgan fingerprint density at radius 3 is 2.46 bits per heavy atom. The number of anilines is 1. The summed E-state index contributed by atoms with van der Waals surface area (Å²) in [6.07, 6.45) is 3.38. The molecular formula is C18H27N3O3S2. The molecule has 0 spiro atoms. The molecule has 2 fully saturated rings. The van der Waals surface area contributed by atoms with Gasteiger partial charge in [0, 0.05) is 31.0 Å². The Balaban J connectivity index is 1.48. The van der Waals surface area contributed by atoms with Gasteiger partial charge in [0.2, 0.25) is 15.9 Å². The highest BCUT2D eigenvalue weighted by Gasteiger charge is 2.28. The third kappa shape index (κ3) is 5.22. The summed E-state index contributed by atoms with van der Waals surface area (Å²) in [5.74, 6) is 2.73. The number of carbonyl (C=O) groups is 1. The van der Waals surface area contributed by atoms with E-state index < -0.39 is 10.0 Å². The van der Waals surface area contributed by atoms with Crippen LogP contribution in [0.3, 0.4) is 0 Å². The lowest BCUT2D eigenvalue weighted by molar-refractivity contribution is -0.114. The predicted molar refractivity (Wildman–Crippen MR) is 106 cm³/mol. The second-order valence-corrected chi connectivity index (χ2v) is 9.97. The zero-order valence-corrected chi connectivity index (χ0v) is 16.7. The Bertz CT molecular complexity index is 708. The molecule has 2 aliphatic rings. The smallest absolute Gasteiger partial charge is 0.240 e. The van der Waals surface area contributed by atoms with E-state index in [9.17, 15) is 13.2 Å². The average molecular weight is 398 g/mol. The van der Waals surface area contributed by atoms with E-state index in [2.05, 4.69) is 14.9 Å². The summed E-state index contributed by atoms with van der Waals surface area (Å²) >= 11 is 2.04. The molecule has 1 aromatic rings. The molecule has 1 unspecified atom stereocenters. The zero-order valence-electron chi connectivity index (χ0n) is 15.1. The number of benzene rings is 1. The van der Waals surface area contributed by atoms with Crippen molar-refractivity contribution < 1.29 is 13.2 Å². The van der Waals surface area contributed by atoms with Gasteiger partial charge in [0.05, 0.1) is 4.90 Å². The quantitative estimate of drug-likeness (QED) is 0.769. The maximum absolute atomic E-state index is 12.5. The number of rotatable bonds is 6. The number of carbonyl (C=O) groups excluding carboxylic acids is 1. The minimum absolute atomic E-state index is 0.179. The number of hydrogen-bond donors (Lipinski definition) is 2. The fourth-order valence-electron chi connectivity index (χ4n) is 3.56. The van der Waals surface area contributed by atoms with Gasteiger partial charge in [-0.25, -0.2) is 13.1 Å². The van der Waals surface area contributed by atoms with Crippen molar-refractivity contribution in [2.75, 3.05) is 36.5 Å². The molecule has 26 heavy (non-hydrogen) atoms. The molecule has 6 nitrogen and oxygen atoms in total. The Morgan fingerprint density at radius 2 is 1.88 bits per heavy atom. The highest BCUT2D eigenvalue weighted by atomic mass is 32.2. The van der Waals surface area contributed by atoms with Crippen LogP contribution in [0.2, 0.25) is 0 Å². The van der Waals surface area contributed by atoms with Gasteiger partial charge in [-0.05, 0) is 68.3 Å². The minimum atomic E-state index is -3.51. The van der Waals surface area contributed by atoms with Crippen molar-refractivity contribution in [3.05, 3.63) is 24.3 Å². The normalized spacial score (nSPS) is 22.4. The molecule has 0 radical (unpaired) electrons. The highest BCUT2D eigenvalue weighted by molar-refractivity contribution is 7.99. The largest absolute Gasteiger partial charge is 0.326 e. The SMILES string of the molecule is CC(=O)Nc1ccc(S(=O)(=O)NCC2CCN(C3CCSC3)CC2)cc1. The summed E-state index contributed by atoms with van der Waals surface area (Å²) in [5.41, 5.74) is 0.592. The van der Waals surface area contributed by atoms with E-state index in [1.807, 2.05) is 11.8 Å². The summed E-state index contributed by atoms with van der Waals surface area (Å²) in [5, 5.41) is 2.63. The molecule has 2 aliphatic heterocycles. The van der Waals surface area contributed by atoms with E-state index in [1.54, 1.807) is 12.1 Å². The Labute approximate surface area is 160 Å². The maximum Gasteiger partial charge on any atom is 0.240 e. The lowest BCUT2D eigenvalue weighted by Gasteiger charge is -2.35. The van der Waals surface area contributed by atoms with Gasteiger partial charge in [0.15, 0.2) is 0 Å². The van der Waals surface area contributed by atoms with Crippen molar-refractivity contribution in [2.24, 2.45) is 5.92 Å². The molecule has 1 aromatic carbocycles. The Morgan fingerprint density at radius 1 is 1.19 bits per heavy atom. The lowest BCUT2D eigenvalue weighted by atomic mass is 9.96. The Kier molecular flexibility index (Phi) is 6.60. The molecule has 0 aliphatic carbocycles. The van der Waals surface area contributed by atoms with Crippen LogP contribution in [0.15, 0.2) is 29.2 Å². The molecule has 0 bridgehead atoms. The standard InChI is InChI=1S/C18H27N3O3S2/c1-14(22)20-16-2-4-18(5-3-16)26(23,24)19-12-15-6-9-21(10-7-15)17-8-11-25-13-17/h2-5,15,17,19H,6-13H2,1H3,(H,20,22). The van der Waals surface area contributed by atoms with Crippen molar-refractivity contribution in [2.45, 2.75) is 37.1 Å². The topological polar surface area (TPSA) is 78.5 Å². The van der Waals surface area contributed by atoms with E-state index in [4.69, 9.17) is 0 Å². The molecule has 0 aromatic heterocycles. The molecule has 0 saturated carbocycles. The minimum Gasteiger partial charge on any atom is -0.326 e. The van der Waals surface area contributed by atoms with Gasteiger partial charge in [0.25, 0.3) is 0 Å². The molecule has 2 saturated heterocycles. The Hall–Kier alpha value is -1.09. The van der Waals surface area contributed by atoms with Gasteiger partial charge in [-0.3, -0.25) is 9.69 Å². The fraction of sp³-hybridized carbons (Fsp3) is 0.611. The van der Waals surface area contributed by atoms with Crippen molar-refractivity contribution in [1.29, 1.82) is 0 Å². The van der Waals surface area contributed by atoms with E-state index in [-0.39, 0.29) is 10.8 Å². The van der Waals surface area contributed by atoms with Crippen LogP contribution in [-0.2, 0) is 14.8 Å². The van der Waals surface area contributed by atoms with Crippen LogP contribution >= 0.6 is 11.8 Å². The summed E-state index contributed by atoms with van der Waals surface area (Å²) in [4.78, 5) is 13.8. The number of sulfonamides is 1. The monoisotopic (exact) mass is 397 g/mol. The van der Waals surface area contributed by atoms with Crippen molar-refractivity contribution in [3.63, 3.8) is 0 Å². The third-order valence-electron chi connectivity index (χ3n) is 5.12. The van der Waals surface area contributed by atoms with Crippen LogP contribution in [0.5, 0.6) is 0 Å². The van der Waals surface area contributed by atoms with Crippen LogP contribution in [0.25, 0.3) is 0 Å². The summed E-state index contributed by atoms with van der Waals surface area (Å²) in [6.45, 7) is 4.05. The molecular weight excluding hydrogens is 370 g/mol. The summed E-state index contributed by atoms with van der Waals surface area (Å²) in [7, 11) is -3.51. The van der Waals surface area contributed by atoms with Gasteiger partial charge >= 0.3 is 0 Å². The van der Waals surface area contributed by atoms with Crippen molar-refractivity contribution in [1.82, 2.24) is 9.62 Å². The number of thioether (sulfide) groups is 1. The van der Waals surface area contributed by atoms with Crippen LogP contribution < -0.4 is 10.0 Å². The number of hydrogen-bond acceptors (Lipinski definition) is 5. The summed E-state index contributed by atoms with van der Waals surface area (Å²) in [6, 6.07) is 6.98. The number of piperidine rings is 1. The van der Waals surface area contributed by atoms with Crippen LogP contribution in [0.4, 0.5) is 5.69 Å².